The number of nitrogens with zero attached hydrogens (tertiary/aromatic N) is 1. The van der Waals surface area contributed by atoms with Crippen LogP contribution >= 0.6 is 28.1 Å². The summed E-state index contributed by atoms with van der Waals surface area (Å²) >= 11 is 8.46. The van der Waals surface area contributed by atoms with E-state index in [4.69, 9.17) is 17.0 Å². The van der Waals surface area contributed by atoms with Gasteiger partial charge in [-0.25, -0.2) is 4.98 Å². The molecular weight excluding hydrogens is 264 g/mol. The predicted octanol–water partition coefficient (Wildman–Crippen LogP) is 3.31. The number of halogens is 1. The van der Waals surface area contributed by atoms with Gasteiger partial charge in [-0.15, -0.1) is 0 Å². The molecule has 0 aliphatic rings. The van der Waals surface area contributed by atoms with Crippen LogP contribution in [0.5, 0.6) is 0 Å². The van der Waals surface area contributed by atoms with Gasteiger partial charge in [-0.3, -0.25) is 0 Å². The van der Waals surface area contributed by atoms with Gasteiger partial charge in [0.2, 0.25) is 0 Å². The van der Waals surface area contributed by atoms with Crippen LogP contribution in [-0.4, -0.2) is 16.6 Å². The summed E-state index contributed by atoms with van der Waals surface area (Å²) in [6, 6.07) is 0. The monoisotopic (exact) mass is 276 g/mol. The molecule has 0 radical (unpaired) electrons. The van der Waals surface area contributed by atoms with E-state index in [1.165, 1.54) is 0 Å². The normalized spacial score (nSPS) is 12.9. The molecule has 3 nitrogen and oxygen atoms in total. The second kappa shape index (κ2) is 5.00. The molecule has 0 aliphatic carbocycles. The standard InChI is InChI=1S/C9H13BrN2OS/c1-4-13-6(3)8-11-5(2)7(10)9(14)12-8/h6H,4H2,1-3H3,(H,11,12,14). The van der Waals surface area contributed by atoms with Crippen molar-refractivity contribution >= 4 is 28.1 Å². The Morgan fingerprint density at radius 2 is 2.29 bits per heavy atom. The maximum atomic E-state index is 5.42. The molecule has 0 spiro atoms. The van der Waals surface area contributed by atoms with Crippen molar-refractivity contribution in [2.75, 3.05) is 6.61 Å². The van der Waals surface area contributed by atoms with Crippen LogP contribution < -0.4 is 0 Å². The minimum atomic E-state index is -0.0477. The molecule has 0 saturated heterocycles. The number of H-pyrrole nitrogens is 1. The van der Waals surface area contributed by atoms with Gasteiger partial charge in [-0.05, 0) is 36.7 Å². The van der Waals surface area contributed by atoms with Gasteiger partial charge < -0.3 is 9.72 Å². The van der Waals surface area contributed by atoms with E-state index in [1.54, 1.807) is 0 Å². The predicted molar refractivity (Wildman–Crippen MR) is 61.9 cm³/mol. The van der Waals surface area contributed by atoms with Gasteiger partial charge in [0.05, 0.1) is 4.47 Å². The van der Waals surface area contributed by atoms with Crippen molar-refractivity contribution in [1.82, 2.24) is 9.97 Å². The maximum absolute atomic E-state index is 5.42. The number of hydrogen-bond donors (Lipinski definition) is 1. The molecule has 5 heteroatoms. The molecule has 1 unspecified atom stereocenters. The summed E-state index contributed by atoms with van der Waals surface area (Å²) in [5.74, 6) is 0.776. The first-order valence-electron chi connectivity index (χ1n) is 4.44. The molecule has 1 rings (SSSR count). The van der Waals surface area contributed by atoms with Crippen molar-refractivity contribution in [3.05, 3.63) is 20.6 Å². The van der Waals surface area contributed by atoms with Gasteiger partial charge in [-0.2, -0.15) is 0 Å². The number of aromatic amines is 1. The van der Waals surface area contributed by atoms with Crippen LogP contribution in [0.3, 0.4) is 0 Å². The number of ether oxygens (including phenoxy) is 1. The zero-order valence-electron chi connectivity index (χ0n) is 8.43. The van der Waals surface area contributed by atoms with E-state index in [2.05, 4.69) is 25.9 Å². The molecule has 0 saturated carbocycles. The largest absolute Gasteiger partial charge is 0.371 e. The lowest BCUT2D eigenvalue weighted by Gasteiger charge is -2.12. The fourth-order valence-corrected chi connectivity index (χ4v) is 1.55. The summed E-state index contributed by atoms with van der Waals surface area (Å²) in [5, 5.41) is 0. The summed E-state index contributed by atoms with van der Waals surface area (Å²) < 4.78 is 6.84. The van der Waals surface area contributed by atoms with E-state index in [-0.39, 0.29) is 6.10 Å². The second-order valence-corrected chi connectivity index (χ2v) is 4.14. The van der Waals surface area contributed by atoms with Crippen LogP contribution in [0.1, 0.15) is 31.5 Å². The molecule has 14 heavy (non-hydrogen) atoms. The summed E-state index contributed by atoms with van der Waals surface area (Å²) in [4.78, 5) is 7.39. The van der Waals surface area contributed by atoms with Crippen molar-refractivity contribution in [2.45, 2.75) is 26.9 Å². The fraction of sp³-hybridized carbons (Fsp3) is 0.556. The smallest absolute Gasteiger partial charge is 0.144 e. The third-order valence-electron chi connectivity index (χ3n) is 1.86. The minimum Gasteiger partial charge on any atom is -0.371 e. The van der Waals surface area contributed by atoms with Crippen molar-refractivity contribution in [3.63, 3.8) is 0 Å². The Balaban J connectivity index is 3.06. The van der Waals surface area contributed by atoms with E-state index in [0.717, 1.165) is 16.0 Å². The Morgan fingerprint density at radius 1 is 1.64 bits per heavy atom. The van der Waals surface area contributed by atoms with Gasteiger partial charge in [-0.1, -0.05) is 12.2 Å². The highest BCUT2D eigenvalue weighted by Crippen LogP contribution is 2.18. The van der Waals surface area contributed by atoms with Crippen LogP contribution in [0.4, 0.5) is 0 Å². The van der Waals surface area contributed by atoms with Crippen LogP contribution in [0, 0.1) is 11.6 Å². The van der Waals surface area contributed by atoms with Gasteiger partial charge >= 0.3 is 0 Å². The molecule has 0 aliphatic heterocycles. The second-order valence-electron chi connectivity index (χ2n) is 2.96. The van der Waals surface area contributed by atoms with Gasteiger partial charge in [0.1, 0.15) is 16.6 Å². The quantitative estimate of drug-likeness (QED) is 0.861. The Morgan fingerprint density at radius 3 is 2.79 bits per heavy atom. The summed E-state index contributed by atoms with van der Waals surface area (Å²) in [7, 11) is 0. The third-order valence-corrected chi connectivity index (χ3v) is 3.38. The maximum Gasteiger partial charge on any atom is 0.144 e. The van der Waals surface area contributed by atoms with Crippen LogP contribution in [0.2, 0.25) is 0 Å². The number of rotatable bonds is 3. The van der Waals surface area contributed by atoms with Crippen molar-refractivity contribution < 1.29 is 4.74 Å². The number of nitrogens with one attached hydrogen (secondary N) is 1. The van der Waals surface area contributed by atoms with Gasteiger partial charge in [0, 0.05) is 12.3 Å². The summed E-state index contributed by atoms with van der Waals surface area (Å²) in [6.07, 6.45) is -0.0477. The minimum absolute atomic E-state index is 0.0477. The fourth-order valence-electron chi connectivity index (χ4n) is 1.12. The molecule has 1 heterocycles. The molecular formula is C9H13BrN2OS. The molecule has 0 aromatic carbocycles. The molecule has 1 aromatic heterocycles. The van der Waals surface area contributed by atoms with Crippen LogP contribution in [0.15, 0.2) is 4.47 Å². The average molecular weight is 277 g/mol. The van der Waals surface area contributed by atoms with E-state index in [0.29, 0.717) is 11.2 Å². The molecule has 1 N–H and O–H groups in total. The topological polar surface area (TPSA) is 37.9 Å². The van der Waals surface area contributed by atoms with Crippen LogP contribution in [-0.2, 0) is 4.74 Å². The Labute approximate surface area is 97.0 Å². The molecule has 0 amide bonds. The molecule has 0 fully saturated rings. The first-order chi connectivity index (χ1) is 6.56. The molecule has 0 bridgehead atoms. The number of hydrogen-bond acceptors (Lipinski definition) is 3. The molecule has 1 aromatic rings. The average Bonchev–Trinajstić information content (AvgIpc) is 2.13. The van der Waals surface area contributed by atoms with Crippen molar-refractivity contribution in [3.8, 4) is 0 Å². The number of aromatic nitrogens is 2. The lowest BCUT2D eigenvalue weighted by molar-refractivity contribution is 0.0698. The SMILES string of the molecule is CCOC(C)c1nc(=S)c(Br)c(C)[nH]1. The highest BCUT2D eigenvalue weighted by atomic mass is 79.9. The Bertz CT molecular complexity index is 378. The Hall–Kier alpha value is -0.260. The summed E-state index contributed by atoms with van der Waals surface area (Å²) in [6.45, 7) is 6.52. The lowest BCUT2D eigenvalue weighted by Crippen LogP contribution is -2.06. The summed E-state index contributed by atoms with van der Waals surface area (Å²) in [5.41, 5.74) is 0.978. The van der Waals surface area contributed by atoms with Gasteiger partial charge in [0.15, 0.2) is 0 Å². The van der Waals surface area contributed by atoms with E-state index >= 15 is 0 Å². The van der Waals surface area contributed by atoms with Crippen LogP contribution in [0.25, 0.3) is 0 Å². The third kappa shape index (κ3) is 2.62. The zero-order chi connectivity index (χ0) is 10.7. The number of aryl methyl sites for hydroxylation is 1. The van der Waals surface area contributed by atoms with E-state index in [1.807, 2.05) is 20.8 Å². The highest BCUT2D eigenvalue weighted by molar-refractivity contribution is 9.10. The first-order valence-corrected chi connectivity index (χ1v) is 5.64. The van der Waals surface area contributed by atoms with Crippen molar-refractivity contribution in [2.24, 2.45) is 0 Å². The lowest BCUT2D eigenvalue weighted by atomic mass is 10.3. The van der Waals surface area contributed by atoms with E-state index < -0.39 is 0 Å². The van der Waals surface area contributed by atoms with Gasteiger partial charge in [0.25, 0.3) is 0 Å². The molecule has 1 atom stereocenters. The molecule has 78 valence electrons. The van der Waals surface area contributed by atoms with Crippen molar-refractivity contribution in [1.29, 1.82) is 0 Å². The highest BCUT2D eigenvalue weighted by Gasteiger charge is 2.09. The Kier molecular flexibility index (Phi) is 4.22. The van der Waals surface area contributed by atoms with E-state index in [9.17, 15) is 0 Å². The zero-order valence-corrected chi connectivity index (χ0v) is 10.8. The first kappa shape index (κ1) is 11.8.